The van der Waals surface area contributed by atoms with Crippen LogP contribution in [0.2, 0.25) is 0 Å². The maximum atomic E-state index is 13.8. The number of Topliss-reactive ketones (excluding diaryl/α,β-unsaturated/α-hetero) is 1. The Hall–Kier alpha value is -9.28. The van der Waals surface area contributed by atoms with Crippen molar-refractivity contribution in [3.05, 3.63) is 329 Å². The summed E-state index contributed by atoms with van der Waals surface area (Å²) in [7, 11) is 1.26. The van der Waals surface area contributed by atoms with Gasteiger partial charge >= 0.3 is 63.3 Å². The number of nitrogens with zero attached hydrogens (tertiary/aromatic N) is 3. The Morgan fingerprint density at radius 1 is 0.475 bits per heavy atom. The number of carbonyl (C=O) groups is 4. The topological polar surface area (TPSA) is 258 Å². The van der Waals surface area contributed by atoms with E-state index in [9.17, 15) is 49.9 Å². The van der Waals surface area contributed by atoms with E-state index in [1.807, 2.05) is 121 Å². The quantitative estimate of drug-likeness (QED) is 0.0195. The molecular weight excluding hydrogens is 1700 g/mol. The van der Waals surface area contributed by atoms with Crippen LogP contribution >= 0.6 is 83.0 Å². The summed E-state index contributed by atoms with van der Waals surface area (Å²) >= 11 is 17.4. The van der Waals surface area contributed by atoms with Gasteiger partial charge in [-0.3, -0.25) is 9.59 Å². The summed E-state index contributed by atoms with van der Waals surface area (Å²) < 4.78 is 96.1. The standard InChI is InChI=1S/C18H17FN2S.C14H12FNO2S.C13H7ClFNS.C13H10FNO2S.C13H8FNOS.C8H6F2O.C6H7NS.C5H11N.K.H2O/c19-13-8-9-16-14(12-13)18(21-10-4-1-5-11-21)20-15-6-2-3-7-17(15)22-16;1-18-14(17)10-8-9(15)6-7-12(10)19-13-5-3-2-4-11(13)16;14-13-9-7-8(15)5-6-11(9)17-12-4-2-1-3-10(12)16-13;14-8-5-6-11(9(7-8)13(16)17)18-12-4-2-1-3-10(12)15;14-8-5-6-11-9(7-8)13(16)15-10-3-1-2-4-12(10)17-11;1-5(11)7-4-6(9)2-3-8(7)10;7-5-3-1-2-4-6(5)8;1-2-4-6-5-3-1;;/h2-3,6-9,12H,1,4-5,10-11H2;2-8H,16H2,1H3;1-7H;1-7H,15H2,(H,16,17);1-7H,(H,15,16);2-4H,1H3;1-4,8H,7H2;6H,1-5H2;;1H2/q;;;;;;;;+1;/p-1. The van der Waals surface area contributed by atoms with Gasteiger partial charge in [0, 0.05) is 95.1 Å². The van der Waals surface area contributed by atoms with Crippen molar-refractivity contribution in [2.75, 3.05) is 55.8 Å². The molecule has 0 atom stereocenters. The zero-order chi connectivity index (χ0) is 84.2. The van der Waals surface area contributed by atoms with E-state index in [2.05, 4.69) is 44.0 Å². The largest absolute Gasteiger partial charge is 1.00 e. The molecule has 120 heavy (non-hydrogen) atoms. The third-order valence-corrected chi connectivity index (χ3v) is 23.9. The number of amidine groups is 1. The fourth-order valence-electron chi connectivity index (χ4n) is 11.5. The van der Waals surface area contributed by atoms with E-state index in [1.165, 1.54) is 149 Å². The summed E-state index contributed by atoms with van der Waals surface area (Å²) in [5, 5.41) is 15.4. The van der Waals surface area contributed by atoms with E-state index < -0.39 is 46.8 Å². The summed E-state index contributed by atoms with van der Waals surface area (Å²) in [5.41, 5.74) is 23.4. The number of amides is 1. The molecule has 614 valence electrons. The molecule has 0 unspecified atom stereocenters. The van der Waals surface area contributed by atoms with Gasteiger partial charge in [0.05, 0.1) is 46.4 Å². The summed E-state index contributed by atoms with van der Waals surface area (Å²) in [6, 6.07) is 69.6. The summed E-state index contributed by atoms with van der Waals surface area (Å²) in [6.07, 6.45) is 7.84. The second kappa shape index (κ2) is 48.4. The number of benzene rings is 12. The molecule has 15 nitrogen and oxygen atoms in total. The van der Waals surface area contributed by atoms with Gasteiger partial charge in [0.15, 0.2) is 5.78 Å². The molecule has 0 aromatic heterocycles. The number of carbonyl (C=O) groups excluding carboxylic acids is 3. The maximum absolute atomic E-state index is 13.8. The van der Waals surface area contributed by atoms with Gasteiger partial charge < -0.3 is 48.1 Å². The number of rotatable bonds is 7. The minimum atomic E-state index is -1.16. The summed E-state index contributed by atoms with van der Waals surface area (Å²) in [5.74, 6) is -4.78. The average molecular weight is 1780 g/mol. The van der Waals surface area contributed by atoms with Crippen LogP contribution in [0.1, 0.15) is 98.0 Å². The van der Waals surface area contributed by atoms with Gasteiger partial charge in [-0.05, 0) is 234 Å². The molecule has 17 rings (SSSR count). The number of piperidine rings is 2. The number of methoxy groups -OCH3 is 1. The molecule has 5 aliphatic heterocycles. The van der Waals surface area contributed by atoms with Gasteiger partial charge in [-0.1, -0.05) is 150 Å². The number of aromatic carboxylic acids is 1. The van der Waals surface area contributed by atoms with Crippen LogP contribution in [0.15, 0.2) is 319 Å². The fourth-order valence-corrected chi connectivity index (χ4v) is 16.9. The number of halogens is 8. The maximum Gasteiger partial charge on any atom is 1.00 e. The predicted molar refractivity (Wildman–Crippen MR) is 467 cm³/mol. The fraction of sp³-hybridized carbons (Fsp3) is 0.133. The number of fused-ring (bicyclic) bond motifs is 6. The van der Waals surface area contributed by atoms with Gasteiger partial charge in [0.2, 0.25) is 0 Å². The number of thiol groups is 1. The first kappa shape index (κ1) is 96.2. The van der Waals surface area contributed by atoms with Crippen molar-refractivity contribution in [2.24, 2.45) is 9.98 Å². The van der Waals surface area contributed by atoms with E-state index >= 15 is 0 Å². The van der Waals surface area contributed by atoms with Crippen molar-refractivity contribution < 1.29 is 117 Å². The van der Waals surface area contributed by atoms with Crippen molar-refractivity contribution in [3.8, 4) is 0 Å². The Kier molecular flexibility index (Phi) is 38.8. The monoisotopic (exact) mass is 1780 g/mol. The summed E-state index contributed by atoms with van der Waals surface area (Å²) in [4.78, 5) is 66.1. The van der Waals surface area contributed by atoms with Crippen LogP contribution in [0.4, 0.5) is 64.9 Å². The van der Waals surface area contributed by atoms with Crippen molar-refractivity contribution in [2.45, 2.75) is 99.3 Å². The smallest absolute Gasteiger partial charge is 0.870 e. The number of nitrogens with two attached hydrogens (primary N) is 3. The molecule has 0 aliphatic carbocycles. The van der Waals surface area contributed by atoms with Gasteiger partial charge in [0.25, 0.3) is 5.91 Å². The Balaban J connectivity index is 0.000000174. The number of nitrogen functional groups attached to an aromatic ring is 3. The third kappa shape index (κ3) is 28.4. The molecule has 5 heterocycles. The van der Waals surface area contributed by atoms with Crippen LogP contribution in [0.3, 0.4) is 0 Å². The van der Waals surface area contributed by atoms with E-state index in [0.717, 1.165) is 122 Å². The summed E-state index contributed by atoms with van der Waals surface area (Å²) in [6.45, 7) is 5.70. The van der Waals surface area contributed by atoms with Crippen LogP contribution in [-0.4, -0.2) is 83.4 Å². The van der Waals surface area contributed by atoms with Crippen molar-refractivity contribution in [3.63, 3.8) is 0 Å². The minimum Gasteiger partial charge on any atom is -0.870 e. The zero-order valence-electron chi connectivity index (χ0n) is 64.8. The number of carboxylic acids is 1. The molecule has 30 heteroatoms. The number of para-hydroxylation sites is 6. The van der Waals surface area contributed by atoms with E-state index in [1.54, 1.807) is 72.1 Å². The van der Waals surface area contributed by atoms with Crippen LogP contribution in [-0.2, 0) is 4.74 Å². The Morgan fingerprint density at radius 3 is 1.38 bits per heavy atom. The number of likely N-dealkylation sites (tertiary alicyclic amines) is 1. The van der Waals surface area contributed by atoms with Gasteiger partial charge in [-0.25, -0.2) is 50.3 Å². The van der Waals surface area contributed by atoms with Crippen LogP contribution < -0.4 is 79.2 Å². The SMILES string of the molecule is C1CCNCC1.CC(=O)c1cc(F)ccc1F.COC(=O)c1cc(F)ccc1Sc1ccccc1N.Fc1ccc2c(c1)C(Cl)=Nc1ccccc1S2.Fc1ccc2c(c1)C(N1CCCCC1)=Nc1ccccc1S2.Nc1ccccc1S.Nc1ccccc1Sc1ccc(F)cc1C(=O)O.O=C1Nc2ccccc2Sc2ccc(F)cc21.[K+].[OH-]. The Labute approximate surface area is 764 Å². The van der Waals surface area contributed by atoms with E-state index in [-0.39, 0.29) is 91.1 Å². The molecule has 0 radical (unpaired) electrons. The Bertz CT molecular complexity index is 5600. The molecule has 0 bridgehead atoms. The Morgan fingerprint density at radius 2 is 0.892 bits per heavy atom. The molecule has 5 aliphatic rings. The van der Waals surface area contributed by atoms with Gasteiger partial charge in [-0.2, -0.15) is 0 Å². The molecular formula is C90H79ClF7KN8O7S6. The van der Waals surface area contributed by atoms with Crippen molar-refractivity contribution in [1.29, 1.82) is 0 Å². The van der Waals surface area contributed by atoms with Crippen LogP contribution in [0.25, 0.3) is 0 Å². The molecule has 2 saturated heterocycles. The first-order valence-electron chi connectivity index (χ1n) is 36.6. The first-order chi connectivity index (χ1) is 56.9. The number of carboxylic acid groups (broad SMARTS) is 1. The van der Waals surface area contributed by atoms with Crippen LogP contribution in [0.5, 0.6) is 0 Å². The van der Waals surface area contributed by atoms with E-state index in [0.29, 0.717) is 37.5 Å². The molecule has 10 N–H and O–H groups in total. The number of anilines is 4. The second-order valence-corrected chi connectivity index (χ2v) is 32.2. The second-order valence-electron chi connectivity index (χ2n) is 25.9. The predicted octanol–water partition coefficient (Wildman–Crippen LogP) is 20.9. The molecule has 2 fully saturated rings. The third-order valence-electron chi connectivity index (χ3n) is 17.4. The minimum absolute atomic E-state index is 0. The number of aliphatic imine (C=N–C) groups is 2. The number of hydrogen-bond acceptors (Lipinski definition) is 19. The number of hydrogen-bond donors (Lipinski definition) is 7. The molecule has 12 aromatic rings. The van der Waals surface area contributed by atoms with Gasteiger partial charge in [0.1, 0.15) is 51.7 Å². The molecule has 0 saturated carbocycles. The number of ketones is 1. The molecule has 1 amide bonds. The van der Waals surface area contributed by atoms with Crippen molar-refractivity contribution in [1.82, 2.24) is 10.2 Å². The average Bonchev–Trinajstić information content (AvgIpc) is 1.64. The van der Waals surface area contributed by atoms with Gasteiger partial charge in [-0.15, -0.1) is 12.6 Å². The number of ether oxygens (including phenoxy) is 1. The molecule has 12 aromatic carbocycles. The van der Waals surface area contributed by atoms with Crippen molar-refractivity contribution >= 4 is 152 Å². The normalized spacial score (nSPS) is 12.8. The zero-order valence-corrected chi connectivity index (χ0v) is 73.7. The number of esters is 1. The number of nitrogens with one attached hydrogen (secondary N) is 2. The first-order valence-corrected chi connectivity index (χ1v) is 41.6. The van der Waals surface area contributed by atoms with E-state index in [4.69, 9.17) is 38.9 Å². The molecule has 0 spiro atoms. The van der Waals surface area contributed by atoms with Crippen LogP contribution in [0, 0.1) is 40.7 Å².